The van der Waals surface area contributed by atoms with Gasteiger partial charge >= 0.3 is 5.97 Å². The number of carbonyl (C=O) groups is 1. The first kappa shape index (κ1) is 19.0. The van der Waals surface area contributed by atoms with E-state index in [2.05, 4.69) is 45.2 Å². The van der Waals surface area contributed by atoms with Crippen LogP contribution in [0.15, 0.2) is 36.4 Å². The van der Waals surface area contributed by atoms with Gasteiger partial charge in [-0.1, -0.05) is 22.6 Å². The first-order chi connectivity index (χ1) is 10.8. The Balaban J connectivity index is 2.29. The maximum Gasteiger partial charge on any atom is 0.321 e. The summed E-state index contributed by atoms with van der Waals surface area (Å²) in [5.41, 5.74) is 6.58. The zero-order valence-corrected chi connectivity index (χ0v) is 18.0. The van der Waals surface area contributed by atoms with Crippen LogP contribution in [0.25, 0.3) is 0 Å². The van der Waals surface area contributed by atoms with Gasteiger partial charge in [-0.05, 0) is 87.1 Å². The summed E-state index contributed by atoms with van der Waals surface area (Å²) >= 11 is 6.33. The van der Waals surface area contributed by atoms with Crippen LogP contribution in [0.5, 0.6) is 17.2 Å². The molecule has 0 saturated carbocycles. The van der Waals surface area contributed by atoms with Gasteiger partial charge < -0.3 is 20.7 Å². The van der Waals surface area contributed by atoms with Gasteiger partial charge in [0.1, 0.15) is 23.3 Å². The number of carboxylic acid groups (broad SMARTS) is 1. The molecule has 2 aromatic carbocycles. The molecule has 8 heteroatoms. The summed E-state index contributed by atoms with van der Waals surface area (Å²) in [5.74, 6) is 0.418. The zero-order valence-electron chi connectivity index (χ0n) is 11.5. The van der Waals surface area contributed by atoms with E-state index in [1.54, 1.807) is 24.3 Å². The molecule has 0 aliphatic heterocycles. The fourth-order valence-electron chi connectivity index (χ4n) is 1.79. The van der Waals surface area contributed by atoms with Crippen LogP contribution in [-0.2, 0) is 4.79 Å². The number of benzene rings is 2. The topological polar surface area (TPSA) is 92.8 Å². The van der Waals surface area contributed by atoms with Gasteiger partial charge in [0.05, 0.1) is 7.49 Å². The molecule has 122 valence electrons. The fourth-order valence-corrected chi connectivity index (χ4v) is 4.59. The van der Waals surface area contributed by atoms with E-state index in [9.17, 15) is 9.90 Å². The van der Waals surface area contributed by atoms with Crippen molar-refractivity contribution < 1.29 is 19.7 Å². The average molecular weight is 651 g/mol. The molecule has 4 N–H and O–H groups in total. The lowest BCUT2D eigenvalue weighted by atomic mass is 10.1. The number of hydrogen-bond acceptors (Lipinski definition) is 4. The number of ether oxygens (including phenoxy) is 1. The standard InChI is InChI=1S/C15H12I3NO4/c16-10-6-12(23-8-3-1-7(20)2-4-8)11(17)5-9(10)13(18)14(19)15(21)22/h1-6,13-14,20H,19H2,(H,21,22)/t13-,14+/m0/s1. The van der Waals surface area contributed by atoms with Crippen LogP contribution in [0, 0.1) is 7.14 Å². The summed E-state index contributed by atoms with van der Waals surface area (Å²) in [6.07, 6.45) is 0. The summed E-state index contributed by atoms with van der Waals surface area (Å²) in [7, 11) is 0. The van der Waals surface area contributed by atoms with E-state index in [0.29, 0.717) is 11.5 Å². The van der Waals surface area contributed by atoms with Gasteiger partial charge in [0.25, 0.3) is 0 Å². The molecule has 0 amide bonds. The van der Waals surface area contributed by atoms with Crippen molar-refractivity contribution in [3.05, 3.63) is 49.1 Å². The van der Waals surface area contributed by atoms with E-state index < -0.39 is 12.0 Å². The summed E-state index contributed by atoms with van der Waals surface area (Å²) in [5, 5.41) is 18.4. The van der Waals surface area contributed by atoms with Crippen molar-refractivity contribution in [2.45, 2.75) is 9.97 Å². The smallest absolute Gasteiger partial charge is 0.321 e. The third kappa shape index (κ3) is 4.82. The minimum atomic E-state index is -1.03. The Morgan fingerprint density at radius 3 is 2.30 bits per heavy atom. The molecule has 23 heavy (non-hydrogen) atoms. The van der Waals surface area contributed by atoms with Crippen molar-refractivity contribution in [1.82, 2.24) is 0 Å². The lowest BCUT2D eigenvalue weighted by molar-refractivity contribution is -0.138. The van der Waals surface area contributed by atoms with E-state index in [0.717, 1.165) is 12.7 Å². The van der Waals surface area contributed by atoms with Gasteiger partial charge in [-0.3, -0.25) is 4.79 Å². The average Bonchev–Trinajstić information content (AvgIpc) is 2.51. The molecule has 0 saturated heterocycles. The minimum absolute atomic E-state index is 0.174. The number of rotatable bonds is 5. The summed E-state index contributed by atoms with van der Waals surface area (Å²) in [6, 6.07) is 9.22. The number of alkyl halides is 1. The summed E-state index contributed by atoms with van der Waals surface area (Å²) in [4.78, 5) is 11.1. The van der Waals surface area contributed by atoms with Crippen molar-refractivity contribution in [2.75, 3.05) is 0 Å². The third-order valence-corrected chi connectivity index (χ3v) is 6.24. The number of halogens is 3. The quantitative estimate of drug-likeness (QED) is 0.332. The number of carboxylic acids is 1. The number of aromatic hydroxyl groups is 1. The largest absolute Gasteiger partial charge is 0.508 e. The van der Waals surface area contributed by atoms with Crippen LogP contribution in [0.3, 0.4) is 0 Å². The van der Waals surface area contributed by atoms with Gasteiger partial charge in [0.2, 0.25) is 0 Å². The normalized spacial score (nSPS) is 13.4. The van der Waals surface area contributed by atoms with Crippen molar-refractivity contribution in [3.8, 4) is 17.2 Å². The molecule has 0 bridgehead atoms. The van der Waals surface area contributed by atoms with Gasteiger partial charge in [-0.2, -0.15) is 0 Å². The molecule has 0 unspecified atom stereocenters. The predicted molar refractivity (Wildman–Crippen MR) is 112 cm³/mol. The molecule has 0 heterocycles. The van der Waals surface area contributed by atoms with E-state index in [1.165, 1.54) is 0 Å². The molecule has 0 aliphatic carbocycles. The van der Waals surface area contributed by atoms with Crippen molar-refractivity contribution in [2.24, 2.45) is 5.73 Å². The van der Waals surface area contributed by atoms with Crippen molar-refractivity contribution >= 4 is 73.7 Å². The molecule has 5 nitrogen and oxygen atoms in total. The molecular weight excluding hydrogens is 639 g/mol. The second-order valence-corrected chi connectivity index (χ2v) is 8.33. The Labute approximate surface area is 174 Å². The maximum atomic E-state index is 11.1. The van der Waals surface area contributed by atoms with E-state index in [-0.39, 0.29) is 9.67 Å². The third-order valence-electron chi connectivity index (χ3n) is 3.01. The molecule has 2 aromatic rings. The van der Waals surface area contributed by atoms with E-state index in [4.69, 9.17) is 15.6 Å². The van der Waals surface area contributed by atoms with E-state index in [1.807, 2.05) is 34.7 Å². The highest BCUT2D eigenvalue weighted by Gasteiger charge is 2.26. The second-order valence-electron chi connectivity index (χ2n) is 4.67. The molecule has 0 aromatic heterocycles. The van der Waals surface area contributed by atoms with Gasteiger partial charge in [-0.25, -0.2) is 0 Å². The lowest BCUT2D eigenvalue weighted by Gasteiger charge is -2.18. The lowest BCUT2D eigenvalue weighted by Crippen LogP contribution is -2.34. The van der Waals surface area contributed by atoms with Gasteiger partial charge in [0, 0.05) is 3.57 Å². The molecule has 2 rings (SSSR count). The molecule has 0 radical (unpaired) electrons. The highest BCUT2D eigenvalue weighted by atomic mass is 127. The summed E-state index contributed by atoms with van der Waals surface area (Å²) in [6.45, 7) is 0. The van der Waals surface area contributed by atoms with Crippen LogP contribution in [0.4, 0.5) is 0 Å². The number of hydrogen-bond donors (Lipinski definition) is 3. The second kappa shape index (κ2) is 8.16. The van der Waals surface area contributed by atoms with Gasteiger partial charge in [0.15, 0.2) is 0 Å². The number of phenolic OH excluding ortho intramolecular Hbond substituents is 1. The molecule has 0 aliphatic rings. The SMILES string of the molecule is N[C@@H](C(=O)O)[C@@H](I)c1cc(I)c(Oc2ccc(O)cc2)cc1I. The Morgan fingerprint density at radius 2 is 1.74 bits per heavy atom. The Morgan fingerprint density at radius 1 is 1.13 bits per heavy atom. The highest BCUT2D eigenvalue weighted by Crippen LogP contribution is 2.37. The van der Waals surface area contributed by atoms with Gasteiger partial charge in [-0.15, -0.1) is 0 Å². The molecule has 0 spiro atoms. The number of aliphatic carboxylic acids is 1. The molecular formula is C15H12I3NO4. The monoisotopic (exact) mass is 651 g/mol. The molecule has 0 fully saturated rings. The fraction of sp³-hybridized carbons (Fsp3) is 0.133. The van der Waals surface area contributed by atoms with Crippen LogP contribution in [0.1, 0.15) is 9.49 Å². The maximum absolute atomic E-state index is 11.1. The molecule has 2 atom stereocenters. The van der Waals surface area contributed by atoms with E-state index >= 15 is 0 Å². The van der Waals surface area contributed by atoms with Crippen molar-refractivity contribution in [1.29, 1.82) is 0 Å². The van der Waals surface area contributed by atoms with Crippen LogP contribution in [-0.4, -0.2) is 22.2 Å². The minimum Gasteiger partial charge on any atom is -0.508 e. The summed E-state index contributed by atoms with van der Waals surface area (Å²) < 4.78 is 7.21. The predicted octanol–water partition coefficient (Wildman–Crippen LogP) is 4.28. The number of nitrogens with two attached hydrogens (primary N) is 1. The van der Waals surface area contributed by atoms with Crippen LogP contribution >= 0.6 is 67.8 Å². The van der Waals surface area contributed by atoms with Crippen LogP contribution in [0.2, 0.25) is 0 Å². The van der Waals surface area contributed by atoms with Crippen molar-refractivity contribution in [3.63, 3.8) is 0 Å². The highest BCUT2D eigenvalue weighted by molar-refractivity contribution is 14.1. The first-order valence-electron chi connectivity index (χ1n) is 6.38. The Kier molecular flexibility index (Phi) is 6.74. The Bertz CT molecular complexity index is 721. The zero-order chi connectivity index (χ0) is 17.1. The Hall–Kier alpha value is -0.340. The van der Waals surface area contributed by atoms with Crippen LogP contribution < -0.4 is 10.5 Å². The first-order valence-corrected chi connectivity index (χ1v) is 9.78. The number of phenols is 1.